The highest BCUT2D eigenvalue weighted by atomic mass is 16.5. The Balaban J connectivity index is 1.46. The Bertz CT molecular complexity index is 1220. The number of nitrogens with zero attached hydrogens (tertiary/aromatic N) is 3. The zero-order chi connectivity index (χ0) is 24.8. The zero-order valence-electron chi connectivity index (χ0n) is 20.7. The summed E-state index contributed by atoms with van der Waals surface area (Å²) in [5.74, 6) is 1.95. The SMILES string of the molecule is COc1ccc([C@@H]2CCCCCN2C(=O)CCCn2cnc3cc(OC)c(OC)cc3c2=O)cc1. The number of benzene rings is 2. The van der Waals surface area contributed by atoms with E-state index >= 15 is 0 Å². The van der Waals surface area contributed by atoms with Crippen molar-refractivity contribution in [2.45, 2.75) is 51.1 Å². The van der Waals surface area contributed by atoms with E-state index in [9.17, 15) is 9.59 Å². The molecule has 0 saturated carbocycles. The van der Waals surface area contributed by atoms with Crippen LogP contribution in [0.15, 0.2) is 47.5 Å². The monoisotopic (exact) mass is 479 g/mol. The van der Waals surface area contributed by atoms with Crippen molar-refractivity contribution in [3.8, 4) is 17.2 Å². The average Bonchev–Trinajstić information content (AvgIpc) is 3.15. The van der Waals surface area contributed by atoms with Crippen molar-refractivity contribution in [2.75, 3.05) is 27.9 Å². The molecule has 2 heterocycles. The maximum atomic E-state index is 13.3. The quantitative estimate of drug-likeness (QED) is 0.478. The van der Waals surface area contributed by atoms with Crippen LogP contribution in [0.4, 0.5) is 0 Å². The molecule has 1 aliphatic heterocycles. The maximum absolute atomic E-state index is 13.3. The lowest BCUT2D eigenvalue weighted by atomic mass is 10.00. The molecule has 1 fully saturated rings. The van der Waals surface area contributed by atoms with E-state index in [1.807, 2.05) is 17.0 Å². The minimum Gasteiger partial charge on any atom is -0.497 e. The van der Waals surface area contributed by atoms with Crippen LogP contribution in [0.3, 0.4) is 0 Å². The number of hydrogen-bond acceptors (Lipinski definition) is 6. The van der Waals surface area contributed by atoms with Crippen LogP contribution in [0, 0.1) is 0 Å². The van der Waals surface area contributed by atoms with E-state index < -0.39 is 0 Å². The van der Waals surface area contributed by atoms with Gasteiger partial charge in [-0.2, -0.15) is 0 Å². The number of carbonyl (C=O) groups is 1. The lowest BCUT2D eigenvalue weighted by molar-refractivity contribution is -0.133. The van der Waals surface area contributed by atoms with Crippen LogP contribution in [0.25, 0.3) is 10.9 Å². The first-order chi connectivity index (χ1) is 17.0. The van der Waals surface area contributed by atoms with Crippen LogP contribution in [0.5, 0.6) is 17.2 Å². The highest BCUT2D eigenvalue weighted by molar-refractivity contribution is 5.81. The fourth-order valence-electron chi connectivity index (χ4n) is 4.77. The molecule has 8 heteroatoms. The largest absolute Gasteiger partial charge is 0.497 e. The van der Waals surface area contributed by atoms with Gasteiger partial charge in [-0.15, -0.1) is 0 Å². The van der Waals surface area contributed by atoms with E-state index in [0.29, 0.717) is 41.8 Å². The van der Waals surface area contributed by atoms with Crippen LogP contribution >= 0.6 is 0 Å². The van der Waals surface area contributed by atoms with Gasteiger partial charge in [0.2, 0.25) is 5.91 Å². The summed E-state index contributed by atoms with van der Waals surface area (Å²) in [5.41, 5.74) is 1.53. The van der Waals surface area contributed by atoms with E-state index in [2.05, 4.69) is 17.1 Å². The Kier molecular flexibility index (Phi) is 7.90. The molecule has 0 bridgehead atoms. The predicted molar refractivity (Wildman–Crippen MR) is 134 cm³/mol. The smallest absolute Gasteiger partial charge is 0.261 e. The van der Waals surface area contributed by atoms with Crippen molar-refractivity contribution >= 4 is 16.8 Å². The first-order valence-electron chi connectivity index (χ1n) is 12.1. The molecule has 186 valence electrons. The van der Waals surface area contributed by atoms with Crippen molar-refractivity contribution in [1.82, 2.24) is 14.5 Å². The van der Waals surface area contributed by atoms with Gasteiger partial charge in [0.15, 0.2) is 11.5 Å². The van der Waals surface area contributed by atoms with Crippen LogP contribution in [0.2, 0.25) is 0 Å². The fourth-order valence-corrected chi connectivity index (χ4v) is 4.77. The first-order valence-corrected chi connectivity index (χ1v) is 12.1. The summed E-state index contributed by atoms with van der Waals surface area (Å²) in [7, 11) is 4.73. The number of aryl methyl sites for hydroxylation is 1. The third-order valence-electron chi connectivity index (χ3n) is 6.69. The van der Waals surface area contributed by atoms with E-state index in [4.69, 9.17) is 14.2 Å². The fraction of sp³-hybridized carbons (Fsp3) is 0.444. The van der Waals surface area contributed by atoms with Crippen molar-refractivity contribution in [2.24, 2.45) is 0 Å². The topological polar surface area (TPSA) is 82.9 Å². The minimum atomic E-state index is -0.158. The number of ether oxygens (including phenoxy) is 3. The molecule has 0 spiro atoms. The molecule has 3 aromatic rings. The highest BCUT2D eigenvalue weighted by Crippen LogP contribution is 2.32. The second-order valence-electron chi connectivity index (χ2n) is 8.80. The minimum absolute atomic E-state index is 0.0726. The molecule has 0 N–H and O–H groups in total. The molecule has 2 aromatic carbocycles. The number of carbonyl (C=O) groups excluding carboxylic acids is 1. The molecule has 8 nitrogen and oxygen atoms in total. The van der Waals surface area contributed by atoms with Gasteiger partial charge in [-0.05, 0) is 43.0 Å². The highest BCUT2D eigenvalue weighted by Gasteiger charge is 2.26. The lowest BCUT2D eigenvalue weighted by Crippen LogP contribution is -2.35. The predicted octanol–water partition coefficient (Wildman–Crippen LogP) is 4.35. The molecule has 0 aliphatic carbocycles. The summed E-state index contributed by atoms with van der Waals surface area (Å²) in [6, 6.07) is 11.4. The van der Waals surface area contributed by atoms with Crippen LogP contribution < -0.4 is 19.8 Å². The molecular formula is C27H33N3O5. The van der Waals surface area contributed by atoms with Crippen molar-refractivity contribution in [1.29, 1.82) is 0 Å². The van der Waals surface area contributed by atoms with Crippen LogP contribution in [0.1, 0.15) is 50.1 Å². The number of aromatic nitrogens is 2. The number of likely N-dealkylation sites (tertiary alicyclic amines) is 1. The summed E-state index contributed by atoms with van der Waals surface area (Å²) >= 11 is 0. The number of amides is 1. The van der Waals surface area contributed by atoms with Gasteiger partial charge in [-0.3, -0.25) is 14.2 Å². The summed E-state index contributed by atoms with van der Waals surface area (Å²) in [5, 5.41) is 0.462. The summed E-state index contributed by atoms with van der Waals surface area (Å²) < 4.78 is 17.5. The summed E-state index contributed by atoms with van der Waals surface area (Å²) in [6.07, 6.45) is 6.67. The molecule has 35 heavy (non-hydrogen) atoms. The maximum Gasteiger partial charge on any atom is 0.261 e. The second kappa shape index (κ2) is 11.3. The average molecular weight is 480 g/mol. The Labute approximate surface area is 205 Å². The van der Waals surface area contributed by atoms with E-state index in [1.165, 1.54) is 13.4 Å². The van der Waals surface area contributed by atoms with Crippen LogP contribution in [-0.4, -0.2) is 48.2 Å². The lowest BCUT2D eigenvalue weighted by Gasteiger charge is -2.31. The molecule has 1 aromatic heterocycles. The molecule has 1 amide bonds. The summed E-state index contributed by atoms with van der Waals surface area (Å²) in [6.45, 7) is 1.18. The number of methoxy groups -OCH3 is 3. The van der Waals surface area contributed by atoms with Crippen LogP contribution in [-0.2, 0) is 11.3 Å². The third-order valence-corrected chi connectivity index (χ3v) is 6.69. The van der Waals surface area contributed by atoms with Crippen molar-refractivity contribution in [3.63, 3.8) is 0 Å². The molecular weight excluding hydrogens is 446 g/mol. The van der Waals surface area contributed by atoms with E-state index in [-0.39, 0.29) is 17.5 Å². The third kappa shape index (κ3) is 5.42. The first kappa shape index (κ1) is 24.6. The number of rotatable bonds is 8. The van der Waals surface area contributed by atoms with E-state index in [0.717, 1.165) is 43.5 Å². The van der Waals surface area contributed by atoms with Gasteiger partial charge >= 0.3 is 0 Å². The van der Waals surface area contributed by atoms with Gasteiger partial charge in [-0.1, -0.05) is 25.0 Å². The molecule has 0 unspecified atom stereocenters. The number of hydrogen-bond donors (Lipinski definition) is 0. The standard InChI is InChI=1S/C27H33N3O5/c1-33-20-12-10-19(11-13-20)23-8-5-4-6-15-30(23)26(31)9-7-14-29-18-28-22-17-25(35-3)24(34-2)16-21(22)27(29)32/h10-13,16-18,23H,4-9,14-15H2,1-3H3/t23-/m0/s1. The second-order valence-corrected chi connectivity index (χ2v) is 8.80. The van der Waals surface area contributed by atoms with Gasteiger partial charge in [0.25, 0.3) is 5.56 Å². The Hall–Kier alpha value is -3.55. The van der Waals surface area contributed by atoms with Crippen molar-refractivity contribution < 1.29 is 19.0 Å². The van der Waals surface area contributed by atoms with Gasteiger partial charge in [0, 0.05) is 25.6 Å². The zero-order valence-corrected chi connectivity index (χ0v) is 20.7. The summed E-state index contributed by atoms with van der Waals surface area (Å²) in [4.78, 5) is 32.7. The van der Waals surface area contributed by atoms with Gasteiger partial charge in [0.1, 0.15) is 5.75 Å². The van der Waals surface area contributed by atoms with Crippen molar-refractivity contribution in [3.05, 3.63) is 58.6 Å². The normalized spacial score (nSPS) is 16.1. The molecule has 1 saturated heterocycles. The molecule has 0 radical (unpaired) electrons. The van der Waals surface area contributed by atoms with E-state index in [1.54, 1.807) is 30.9 Å². The molecule has 4 rings (SSSR count). The van der Waals surface area contributed by atoms with Gasteiger partial charge < -0.3 is 19.1 Å². The Morgan fingerprint density at radius 1 is 1.00 bits per heavy atom. The Morgan fingerprint density at radius 2 is 1.74 bits per heavy atom. The Morgan fingerprint density at radius 3 is 2.46 bits per heavy atom. The van der Waals surface area contributed by atoms with Gasteiger partial charge in [0.05, 0.1) is 44.6 Å². The molecule has 1 atom stereocenters. The number of fused-ring (bicyclic) bond motifs is 1. The molecule has 1 aliphatic rings. The van der Waals surface area contributed by atoms with Gasteiger partial charge in [-0.25, -0.2) is 4.98 Å².